The number of rotatable bonds is 6. The van der Waals surface area contributed by atoms with Crippen LogP contribution in [0.25, 0.3) is 0 Å². The van der Waals surface area contributed by atoms with Crippen molar-refractivity contribution < 1.29 is 59.9 Å². The molecule has 0 bridgehead atoms. The van der Waals surface area contributed by atoms with Gasteiger partial charge in [-0.05, 0) is 54.4 Å². The van der Waals surface area contributed by atoms with Crippen molar-refractivity contribution in [3.63, 3.8) is 0 Å². The highest BCUT2D eigenvalue weighted by Gasteiger charge is 2.75. The van der Waals surface area contributed by atoms with Crippen molar-refractivity contribution in [3.8, 4) is 0 Å². The Morgan fingerprint density at radius 2 is 1.60 bits per heavy atom. The number of fused-ring (bicyclic) bond motifs is 7. The van der Waals surface area contributed by atoms with Gasteiger partial charge in [-0.1, -0.05) is 52.3 Å². The fourth-order valence-corrected chi connectivity index (χ4v) is 11.6. The highest BCUT2D eigenvalue weighted by molar-refractivity contribution is 5.88. The molecule has 2 heterocycles. The van der Waals surface area contributed by atoms with E-state index in [0.29, 0.717) is 18.4 Å². The Labute approximate surface area is 282 Å². The largest absolute Gasteiger partial charge is 0.394 e. The van der Waals surface area contributed by atoms with Crippen LogP contribution in [0, 0.1) is 39.4 Å². The summed E-state index contributed by atoms with van der Waals surface area (Å²) in [4.78, 5) is 14.7. The maximum absolute atomic E-state index is 14.7. The molecule has 12 heteroatoms. The van der Waals surface area contributed by atoms with E-state index in [1.807, 2.05) is 27.7 Å². The third kappa shape index (κ3) is 5.08. The summed E-state index contributed by atoms with van der Waals surface area (Å²) >= 11 is 0. The van der Waals surface area contributed by atoms with Crippen LogP contribution in [0.5, 0.6) is 0 Å². The van der Waals surface area contributed by atoms with Crippen molar-refractivity contribution in [1.29, 1.82) is 0 Å². The third-order valence-electron chi connectivity index (χ3n) is 14.2. The zero-order valence-electron chi connectivity index (χ0n) is 29.0. The van der Waals surface area contributed by atoms with E-state index in [4.69, 9.17) is 14.2 Å². The molecule has 0 aromatic rings. The summed E-state index contributed by atoms with van der Waals surface area (Å²) in [5.41, 5.74) is -2.38. The minimum atomic E-state index is -1.61. The number of ketones is 1. The van der Waals surface area contributed by atoms with E-state index in [9.17, 15) is 45.6 Å². The Bertz CT molecular complexity index is 1320. The van der Waals surface area contributed by atoms with E-state index in [-0.39, 0.29) is 62.1 Å². The molecule has 2 saturated heterocycles. The topological polar surface area (TPSA) is 207 Å². The van der Waals surface area contributed by atoms with Crippen LogP contribution in [0.1, 0.15) is 73.6 Å². The minimum Gasteiger partial charge on any atom is -0.394 e. The molecular formula is C36H56O12. The van der Waals surface area contributed by atoms with Crippen LogP contribution in [0.15, 0.2) is 23.3 Å². The fourth-order valence-electron chi connectivity index (χ4n) is 11.6. The van der Waals surface area contributed by atoms with Crippen molar-refractivity contribution in [2.75, 3.05) is 19.8 Å². The van der Waals surface area contributed by atoms with Gasteiger partial charge >= 0.3 is 0 Å². The Hall–Kier alpha value is -1.29. The Balaban J connectivity index is 1.32. The summed E-state index contributed by atoms with van der Waals surface area (Å²) in [7, 11) is 0. The Morgan fingerprint density at radius 1 is 0.938 bits per heavy atom. The lowest BCUT2D eigenvalue weighted by molar-refractivity contribution is -0.327. The zero-order valence-corrected chi connectivity index (χ0v) is 29.0. The maximum atomic E-state index is 14.7. The standard InChI is InChI=1S/C36H56O12/c1-32(2)19-7-8-24-33(3)12-22-29(35(5,45)11-18(46-22)9-17(14-37)15-38)34(33,4)13-25(41)36(24,6)20(19)10-21(40)30(32)48-31-28(44)27(43)26(42)23(16-39)47-31/h7,9,18,20-24,26-31,37-40,42-45H,8,10-16H2,1-6H3. The lowest BCUT2D eigenvalue weighted by Gasteiger charge is -2.65. The van der Waals surface area contributed by atoms with Gasteiger partial charge in [-0.3, -0.25) is 4.79 Å². The molecule has 2 aliphatic heterocycles. The highest BCUT2D eigenvalue weighted by Crippen LogP contribution is 2.75. The molecule has 0 aromatic heterocycles. The lowest BCUT2D eigenvalue weighted by Crippen LogP contribution is -2.66. The molecule has 12 nitrogen and oxygen atoms in total. The zero-order chi connectivity index (χ0) is 35.4. The van der Waals surface area contributed by atoms with E-state index in [1.165, 1.54) is 0 Å². The van der Waals surface area contributed by atoms with E-state index in [1.54, 1.807) is 6.08 Å². The smallest absolute Gasteiger partial charge is 0.187 e. The van der Waals surface area contributed by atoms with Crippen LogP contribution in [-0.4, -0.2) is 127 Å². The number of Topliss-reactive ketones (excluding diaryl/α,β-unsaturated/α-hetero) is 1. The monoisotopic (exact) mass is 680 g/mol. The molecular weight excluding hydrogens is 624 g/mol. The summed E-state index contributed by atoms with van der Waals surface area (Å²) in [6.07, 6.45) is -4.22. The molecule has 272 valence electrons. The molecule has 0 spiro atoms. The lowest BCUT2D eigenvalue weighted by atomic mass is 9.38. The summed E-state index contributed by atoms with van der Waals surface area (Å²) in [5, 5.41) is 84.0. The van der Waals surface area contributed by atoms with Crippen LogP contribution >= 0.6 is 0 Å². The maximum Gasteiger partial charge on any atom is 0.187 e. The first-order valence-corrected chi connectivity index (χ1v) is 17.5. The summed E-state index contributed by atoms with van der Waals surface area (Å²) < 4.78 is 18.4. The van der Waals surface area contributed by atoms with E-state index in [2.05, 4.69) is 19.9 Å². The molecule has 0 amide bonds. The number of ether oxygens (including phenoxy) is 3. The van der Waals surface area contributed by atoms with Crippen LogP contribution in [-0.2, 0) is 19.0 Å². The number of carbonyl (C=O) groups excluding carboxylic acids is 1. The van der Waals surface area contributed by atoms with E-state index >= 15 is 0 Å². The highest BCUT2D eigenvalue weighted by atomic mass is 16.7. The molecule has 8 N–H and O–H groups in total. The second-order valence-corrected chi connectivity index (χ2v) is 17.1. The van der Waals surface area contributed by atoms with Gasteiger partial charge in [-0.2, -0.15) is 0 Å². The molecule has 16 unspecified atom stereocenters. The third-order valence-corrected chi connectivity index (χ3v) is 14.2. The molecule has 3 saturated carbocycles. The van der Waals surface area contributed by atoms with Crippen LogP contribution in [0.3, 0.4) is 0 Å². The molecule has 6 rings (SSSR count). The predicted molar refractivity (Wildman–Crippen MR) is 171 cm³/mol. The molecule has 16 atom stereocenters. The summed E-state index contributed by atoms with van der Waals surface area (Å²) in [5.74, 6) is -0.628. The van der Waals surface area contributed by atoms with Gasteiger partial charge in [0.1, 0.15) is 30.2 Å². The van der Waals surface area contributed by atoms with Crippen LogP contribution in [0.4, 0.5) is 0 Å². The molecule has 4 aliphatic carbocycles. The van der Waals surface area contributed by atoms with Crippen molar-refractivity contribution in [3.05, 3.63) is 23.3 Å². The SMILES string of the molecule is CC1(O)CC(C=C(CO)CO)OC2CC3(C)C4CC=C5C(CC(O)C(OC6OC(CO)C(O)C(O)C6O)C5(C)C)C4(C)C(=O)CC3(C)C21. The van der Waals surface area contributed by atoms with Gasteiger partial charge in [0.25, 0.3) is 0 Å². The summed E-state index contributed by atoms with van der Waals surface area (Å²) in [6.45, 7) is 10.9. The Kier molecular flexibility index (Phi) is 9.24. The minimum absolute atomic E-state index is 0.0979. The second kappa shape index (κ2) is 12.2. The average molecular weight is 681 g/mol. The van der Waals surface area contributed by atoms with Crippen molar-refractivity contribution in [1.82, 2.24) is 0 Å². The Morgan fingerprint density at radius 3 is 2.23 bits per heavy atom. The van der Waals surface area contributed by atoms with Gasteiger partial charge in [0.15, 0.2) is 6.29 Å². The molecule has 0 radical (unpaired) electrons. The molecule has 6 aliphatic rings. The average Bonchev–Trinajstić information content (AvgIpc) is 3.24. The first kappa shape index (κ1) is 36.5. The van der Waals surface area contributed by atoms with E-state index in [0.717, 1.165) is 5.57 Å². The predicted octanol–water partition coefficient (Wildman–Crippen LogP) is 0.356. The molecule has 0 aromatic carbocycles. The van der Waals surface area contributed by atoms with Crippen molar-refractivity contribution >= 4 is 5.78 Å². The van der Waals surface area contributed by atoms with Gasteiger partial charge in [-0.25, -0.2) is 0 Å². The van der Waals surface area contributed by atoms with Gasteiger partial charge in [0.2, 0.25) is 0 Å². The van der Waals surface area contributed by atoms with Gasteiger partial charge in [-0.15, -0.1) is 0 Å². The van der Waals surface area contributed by atoms with Gasteiger partial charge < -0.3 is 55.1 Å². The van der Waals surface area contributed by atoms with Gasteiger partial charge in [0.05, 0.1) is 49.8 Å². The number of carbonyl (C=O) groups is 1. The quantitative estimate of drug-likeness (QED) is 0.179. The number of allylic oxidation sites excluding steroid dienone is 1. The van der Waals surface area contributed by atoms with Gasteiger partial charge in [0, 0.05) is 29.6 Å². The normalized spacial score (nSPS) is 52.8. The molecule has 5 fully saturated rings. The van der Waals surface area contributed by atoms with Crippen molar-refractivity contribution in [2.45, 2.75) is 134 Å². The first-order valence-electron chi connectivity index (χ1n) is 17.5. The second-order valence-electron chi connectivity index (χ2n) is 17.1. The summed E-state index contributed by atoms with van der Waals surface area (Å²) in [6, 6.07) is 0. The fraction of sp³-hybridized carbons (Fsp3) is 0.861. The number of aliphatic hydroxyl groups excluding tert-OH is 7. The first-order chi connectivity index (χ1) is 22.3. The number of hydrogen-bond acceptors (Lipinski definition) is 12. The number of aliphatic hydroxyl groups is 8. The van der Waals surface area contributed by atoms with E-state index < -0.39 is 82.9 Å². The van der Waals surface area contributed by atoms with Crippen molar-refractivity contribution in [2.24, 2.45) is 39.4 Å². The van der Waals surface area contributed by atoms with Crippen LogP contribution < -0.4 is 0 Å². The van der Waals surface area contributed by atoms with Crippen LogP contribution in [0.2, 0.25) is 0 Å². The number of hydrogen-bond donors (Lipinski definition) is 8. The molecule has 48 heavy (non-hydrogen) atoms.